The molecule has 2 aliphatic carbocycles. The van der Waals surface area contributed by atoms with Crippen molar-refractivity contribution in [2.45, 2.75) is 63.6 Å². The average molecular weight is 234 g/mol. The number of hydrogen-bond donors (Lipinski definition) is 0. The minimum atomic E-state index is -0.355. The molecule has 2 nitrogen and oxygen atoms in total. The Labute approximate surface area is 103 Å². The normalized spacial score (nSPS) is 48.9. The van der Waals surface area contributed by atoms with Crippen molar-refractivity contribution in [3.63, 3.8) is 0 Å². The molecule has 0 radical (unpaired) electrons. The second-order valence-corrected chi connectivity index (χ2v) is 6.30. The number of carbonyl (C=O) groups is 1. The number of ether oxygens (including phenoxy) is 1. The molecule has 1 heterocycles. The predicted molar refractivity (Wildman–Crippen MR) is 66.7 cm³/mol. The van der Waals surface area contributed by atoms with Crippen LogP contribution in [-0.4, -0.2) is 17.0 Å². The molecule has 0 bridgehead atoms. The van der Waals surface area contributed by atoms with Crippen LogP contribution >= 0.6 is 0 Å². The summed E-state index contributed by atoms with van der Waals surface area (Å²) < 4.78 is 6.02. The highest BCUT2D eigenvalue weighted by molar-refractivity contribution is 5.92. The highest BCUT2D eigenvalue weighted by Gasteiger charge is 2.78. The van der Waals surface area contributed by atoms with Crippen LogP contribution in [0.1, 0.15) is 52.4 Å². The van der Waals surface area contributed by atoms with E-state index in [1.165, 1.54) is 5.57 Å². The molecule has 1 saturated heterocycles. The van der Waals surface area contributed by atoms with E-state index in [-0.39, 0.29) is 11.2 Å². The predicted octanol–water partition coefficient (Wildman–Crippen LogP) is 3.26. The Morgan fingerprint density at radius 2 is 2.12 bits per heavy atom. The molecule has 2 saturated carbocycles. The highest BCUT2D eigenvalue weighted by atomic mass is 16.6. The van der Waals surface area contributed by atoms with Gasteiger partial charge in [0.05, 0.1) is 0 Å². The number of epoxide rings is 1. The SMILES string of the molecule is C=C(C)[C@@H]1CCC(=O)[C@]23CC[C@H](C)[C@@]2(CC1)O3. The van der Waals surface area contributed by atoms with E-state index in [2.05, 4.69) is 20.4 Å². The molecule has 3 fully saturated rings. The smallest absolute Gasteiger partial charge is 0.167 e. The van der Waals surface area contributed by atoms with Gasteiger partial charge in [-0.05, 0) is 50.9 Å². The van der Waals surface area contributed by atoms with E-state index in [0.29, 0.717) is 24.0 Å². The molecule has 3 aliphatic rings. The first-order chi connectivity index (χ1) is 8.02. The molecule has 4 atom stereocenters. The topological polar surface area (TPSA) is 29.6 Å². The summed E-state index contributed by atoms with van der Waals surface area (Å²) in [4.78, 5) is 12.4. The van der Waals surface area contributed by atoms with Crippen molar-refractivity contribution < 1.29 is 9.53 Å². The van der Waals surface area contributed by atoms with Crippen LogP contribution in [0.15, 0.2) is 12.2 Å². The third-order valence-corrected chi connectivity index (χ3v) is 5.46. The van der Waals surface area contributed by atoms with E-state index in [1.54, 1.807) is 0 Å². The summed E-state index contributed by atoms with van der Waals surface area (Å²) in [6, 6.07) is 0. The van der Waals surface area contributed by atoms with Crippen LogP contribution in [-0.2, 0) is 9.53 Å². The van der Waals surface area contributed by atoms with Gasteiger partial charge in [0.15, 0.2) is 11.4 Å². The minimum Gasteiger partial charge on any atom is -0.354 e. The van der Waals surface area contributed by atoms with Crippen LogP contribution in [0.25, 0.3) is 0 Å². The monoisotopic (exact) mass is 234 g/mol. The molecule has 0 aromatic heterocycles. The molecule has 2 heteroatoms. The lowest BCUT2D eigenvalue weighted by Gasteiger charge is -2.24. The van der Waals surface area contributed by atoms with E-state index < -0.39 is 0 Å². The van der Waals surface area contributed by atoms with Crippen molar-refractivity contribution in [2.75, 3.05) is 0 Å². The van der Waals surface area contributed by atoms with Crippen LogP contribution < -0.4 is 0 Å². The lowest BCUT2D eigenvalue weighted by Crippen LogP contribution is -2.34. The van der Waals surface area contributed by atoms with Crippen molar-refractivity contribution in [2.24, 2.45) is 11.8 Å². The summed E-state index contributed by atoms with van der Waals surface area (Å²) in [5, 5.41) is 0. The van der Waals surface area contributed by atoms with E-state index in [4.69, 9.17) is 4.74 Å². The van der Waals surface area contributed by atoms with Gasteiger partial charge in [-0.3, -0.25) is 4.79 Å². The first-order valence-corrected chi connectivity index (χ1v) is 6.91. The summed E-state index contributed by atoms with van der Waals surface area (Å²) in [6.07, 6.45) is 5.98. The van der Waals surface area contributed by atoms with Crippen molar-refractivity contribution in [3.8, 4) is 0 Å². The Hall–Kier alpha value is -0.630. The summed E-state index contributed by atoms with van der Waals surface area (Å²) >= 11 is 0. The number of ketones is 1. The van der Waals surface area contributed by atoms with Crippen LogP contribution in [0.5, 0.6) is 0 Å². The van der Waals surface area contributed by atoms with Crippen molar-refractivity contribution in [1.82, 2.24) is 0 Å². The molecular weight excluding hydrogens is 212 g/mol. The quantitative estimate of drug-likeness (QED) is 0.515. The average Bonchev–Trinajstić information content (AvgIpc) is 2.86. The Kier molecular flexibility index (Phi) is 2.32. The van der Waals surface area contributed by atoms with Gasteiger partial charge in [0.1, 0.15) is 5.60 Å². The third kappa shape index (κ3) is 1.33. The first kappa shape index (κ1) is 11.5. The fourth-order valence-electron chi connectivity index (χ4n) is 4.16. The van der Waals surface area contributed by atoms with Crippen molar-refractivity contribution in [1.29, 1.82) is 0 Å². The maximum Gasteiger partial charge on any atom is 0.167 e. The van der Waals surface area contributed by atoms with Gasteiger partial charge in [-0.25, -0.2) is 0 Å². The molecule has 0 spiro atoms. The van der Waals surface area contributed by atoms with E-state index in [0.717, 1.165) is 32.1 Å². The lowest BCUT2D eigenvalue weighted by atomic mass is 9.76. The second kappa shape index (κ2) is 3.44. The van der Waals surface area contributed by atoms with Crippen LogP contribution in [0.3, 0.4) is 0 Å². The van der Waals surface area contributed by atoms with E-state index >= 15 is 0 Å². The molecule has 17 heavy (non-hydrogen) atoms. The zero-order chi connectivity index (χ0) is 12.3. The van der Waals surface area contributed by atoms with E-state index in [9.17, 15) is 4.79 Å². The van der Waals surface area contributed by atoms with Gasteiger partial charge in [0, 0.05) is 6.42 Å². The summed E-state index contributed by atoms with van der Waals surface area (Å²) in [7, 11) is 0. The van der Waals surface area contributed by atoms with Gasteiger partial charge < -0.3 is 4.74 Å². The molecule has 0 amide bonds. The number of Topliss-reactive ketones (excluding diaryl/α,β-unsaturated/α-hetero) is 1. The molecule has 0 aromatic rings. The molecular formula is C15H22O2. The summed E-state index contributed by atoms with van der Waals surface area (Å²) in [5.74, 6) is 1.44. The zero-order valence-corrected chi connectivity index (χ0v) is 10.9. The maximum absolute atomic E-state index is 12.4. The minimum absolute atomic E-state index is 0.0851. The van der Waals surface area contributed by atoms with Crippen LogP contribution in [0, 0.1) is 11.8 Å². The van der Waals surface area contributed by atoms with Crippen molar-refractivity contribution >= 4 is 5.78 Å². The molecule has 0 aromatic carbocycles. The summed E-state index contributed by atoms with van der Waals surface area (Å²) in [5.41, 5.74) is 0.790. The van der Waals surface area contributed by atoms with Crippen LogP contribution in [0.2, 0.25) is 0 Å². The van der Waals surface area contributed by atoms with Gasteiger partial charge in [-0.15, -0.1) is 0 Å². The number of carbonyl (C=O) groups excluding carboxylic acids is 1. The molecule has 1 aliphatic heterocycles. The Bertz CT molecular complexity index is 386. The molecule has 0 N–H and O–H groups in total. The fourth-order valence-corrected chi connectivity index (χ4v) is 4.16. The number of rotatable bonds is 1. The highest BCUT2D eigenvalue weighted by Crippen LogP contribution is 2.66. The lowest BCUT2D eigenvalue weighted by molar-refractivity contribution is -0.124. The van der Waals surface area contributed by atoms with Crippen molar-refractivity contribution in [3.05, 3.63) is 12.2 Å². The Morgan fingerprint density at radius 3 is 2.82 bits per heavy atom. The van der Waals surface area contributed by atoms with Gasteiger partial charge in [0.25, 0.3) is 0 Å². The summed E-state index contributed by atoms with van der Waals surface area (Å²) in [6.45, 7) is 8.40. The van der Waals surface area contributed by atoms with E-state index in [1.807, 2.05) is 0 Å². The zero-order valence-electron chi connectivity index (χ0n) is 10.9. The molecule has 3 rings (SSSR count). The number of allylic oxidation sites excluding steroid dienone is 1. The van der Waals surface area contributed by atoms with Gasteiger partial charge >= 0.3 is 0 Å². The maximum atomic E-state index is 12.4. The van der Waals surface area contributed by atoms with Gasteiger partial charge in [0.2, 0.25) is 0 Å². The first-order valence-electron chi connectivity index (χ1n) is 6.91. The molecule has 0 unspecified atom stereocenters. The second-order valence-electron chi connectivity index (χ2n) is 6.30. The number of hydrogen-bond acceptors (Lipinski definition) is 2. The van der Waals surface area contributed by atoms with Gasteiger partial charge in [-0.2, -0.15) is 0 Å². The van der Waals surface area contributed by atoms with Gasteiger partial charge in [-0.1, -0.05) is 19.1 Å². The Balaban J connectivity index is 1.86. The largest absolute Gasteiger partial charge is 0.354 e. The van der Waals surface area contributed by atoms with Crippen LogP contribution in [0.4, 0.5) is 0 Å². The standard InChI is InChI=1S/C15H22O2/c1-10(2)12-4-5-13(16)15-8-6-11(3)14(15,17-15)9-7-12/h11-12H,1,4-9H2,2-3H3/t11-,12+,14+,15+/m0/s1. The third-order valence-electron chi connectivity index (χ3n) is 5.46. The fraction of sp³-hybridized carbons (Fsp3) is 0.800. The molecule has 94 valence electrons. The Morgan fingerprint density at radius 1 is 1.35 bits per heavy atom.